The van der Waals surface area contributed by atoms with Crippen molar-refractivity contribution >= 4 is 16.0 Å². The molecule has 0 unspecified atom stereocenters. The molecule has 0 heterocycles. The summed E-state index contributed by atoms with van der Waals surface area (Å²) in [6, 6.07) is 6.83. The summed E-state index contributed by atoms with van der Waals surface area (Å²) in [4.78, 5) is 10.8. The first-order valence-electron chi connectivity index (χ1n) is 5.26. The molecule has 0 amide bonds. The zero-order valence-corrected chi connectivity index (χ0v) is 10.6. The van der Waals surface area contributed by atoms with E-state index in [0.717, 1.165) is 0 Å². The molecule has 0 radical (unpaired) electrons. The van der Waals surface area contributed by atoms with E-state index in [0.29, 0.717) is 5.56 Å². The molecule has 1 rings (SSSR count). The van der Waals surface area contributed by atoms with Crippen LogP contribution in [0.1, 0.15) is 12.5 Å². The Morgan fingerprint density at radius 3 is 2.33 bits per heavy atom. The predicted molar refractivity (Wildman–Crippen MR) is 65.3 cm³/mol. The molecule has 0 aliphatic heterocycles. The van der Waals surface area contributed by atoms with Gasteiger partial charge in [-0.1, -0.05) is 30.3 Å². The second-order valence-electron chi connectivity index (χ2n) is 3.92. The average molecular weight is 273 g/mol. The van der Waals surface area contributed by atoms with E-state index in [-0.39, 0.29) is 5.75 Å². The van der Waals surface area contributed by atoms with E-state index in [2.05, 4.69) is 0 Å². The monoisotopic (exact) mass is 273 g/mol. The molecule has 0 spiro atoms. The Hall–Kier alpha value is -1.44. The van der Waals surface area contributed by atoms with E-state index >= 15 is 0 Å². The maximum absolute atomic E-state index is 11.7. The van der Waals surface area contributed by atoms with Gasteiger partial charge in [-0.3, -0.25) is 4.79 Å². The van der Waals surface area contributed by atoms with Crippen molar-refractivity contribution in [2.45, 2.75) is 24.8 Å². The summed E-state index contributed by atoms with van der Waals surface area (Å²) in [5.74, 6) is -1.74. The molecule has 0 saturated heterocycles. The van der Waals surface area contributed by atoms with E-state index in [1.165, 1.54) is 6.92 Å². The molecule has 0 fully saturated rings. The fourth-order valence-electron chi connectivity index (χ4n) is 1.38. The molecule has 0 bridgehead atoms. The molecule has 3 N–H and O–H groups in total. The summed E-state index contributed by atoms with van der Waals surface area (Å²) in [5.41, 5.74) is 0.541. The number of rotatable bonds is 6. The van der Waals surface area contributed by atoms with Crippen molar-refractivity contribution in [2.75, 3.05) is 0 Å². The molecule has 0 aliphatic carbocycles. The summed E-state index contributed by atoms with van der Waals surface area (Å²) in [7, 11) is -3.81. The largest absolute Gasteiger partial charge is 0.480 e. The summed E-state index contributed by atoms with van der Waals surface area (Å²) in [6.07, 6.45) is -1.31. The van der Waals surface area contributed by atoms with Crippen molar-refractivity contribution < 1.29 is 23.4 Å². The van der Waals surface area contributed by atoms with Gasteiger partial charge in [-0.15, -0.1) is 0 Å². The lowest BCUT2D eigenvalue weighted by Gasteiger charge is -2.17. The van der Waals surface area contributed by atoms with Crippen molar-refractivity contribution in [3.05, 3.63) is 35.9 Å². The van der Waals surface area contributed by atoms with Gasteiger partial charge in [0.2, 0.25) is 10.0 Å². The highest BCUT2D eigenvalue weighted by Crippen LogP contribution is 2.06. The Kier molecular flexibility index (Phi) is 4.83. The normalized spacial score (nSPS) is 15.0. The van der Waals surface area contributed by atoms with Gasteiger partial charge in [0, 0.05) is 0 Å². The van der Waals surface area contributed by atoms with Gasteiger partial charge in [0.05, 0.1) is 11.9 Å². The second-order valence-corrected chi connectivity index (χ2v) is 5.67. The molecule has 2 atom stereocenters. The summed E-state index contributed by atoms with van der Waals surface area (Å²) in [6.45, 7) is 1.21. The SMILES string of the molecule is C[C@H](O)[C@H](NS(=O)(=O)Cc1ccccc1)C(=O)O. The van der Waals surface area contributed by atoms with Crippen LogP contribution < -0.4 is 4.72 Å². The van der Waals surface area contributed by atoms with Crippen LogP contribution >= 0.6 is 0 Å². The third kappa shape index (κ3) is 4.44. The molecule has 100 valence electrons. The Bertz CT molecular complexity index is 497. The summed E-state index contributed by atoms with van der Waals surface area (Å²) >= 11 is 0. The first-order valence-corrected chi connectivity index (χ1v) is 6.92. The first kappa shape index (κ1) is 14.6. The molecular formula is C11H15NO5S. The second kappa shape index (κ2) is 5.94. The van der Waals surface area contributed by atoms with Crippen LogP contribution in [0.25, 0.3) is 0 Å². The molecular weight excluding hydrogens is 258 g/mol. The lowest BCUT2D eigenvalue weighted by Crippen LogP contribution is -2.47. The van der Waals surface area contributed by atoms with Crippen LogP contribution in [0.15, 0.2) is 30.3 Å². The first-order chi connectivity index (χ1) is 8.32. The van der Waals surface area contributed by atoms with Crippen molar-refractivity contribution in [3.8, 4) is 0 Å². The van der Waals surface area contributed by atoms with Gasteiger partial charge in [-0.2, -0.15) is 4.72 Å². The minimum absolute atomic E-state index is 0.329. The number of carboxylic acids is 1. The van der Waals surface area contributed by atoms with Gasteiger partial charge in [0.15, 0.2) is 0 Å². The van der Waals surface area contributed by atoms with Crippen molar-refractivity contribution in [3.63, 3.8) is 0 Å². The number of hydrogen-bond acceptors (Lipinski definition) is 4. The van der Waals surface area contributed by atoms with Crippen LogP contribution in [0.5, 0.6) is 0 Å². The summed E-state index contributed by atoms with van der Waals surface area (Å²) in [5, 5.41) is 18.0. The quantitative estimate of drug-likeness (QED) is 0.673. The average Bonchev–Trinajstić information content (AvgIpc) is 2.26. The molecule has 6 nitrogen and oxygen atoms in total. The van der Waals surface area contributed by atoms with E-state index in [1.54, 1.807) is 30.3 Å². The maximum atomic E-state index is 11.7. The Morgan fingerprint density at radius 1 is 1.33 bits per heavy atom. The molecule has 0 aromatic heterocycles. The van der Waals surface area contributed by atoms with Crippen molar-refractivity contribution in [2.24, 2.45) is 0 Å². The molecule has 1 aromatic rings. The standard InChI is InChI=1S/C11H15NO5S/c1-8(13)10(11(14)15)12-18(16,17)7-9-5-3-2-4-6-9/h2-6,8,10,12-13H,7H2,1H3,(H,14,15)/t8-,10-/m0/s1. The number of sulfonamides is 1. The Balaban J connectivity index is 2.79. The van der Waals surface area contributed by atoms with Crippen LogP contribution in [-0.2, 0) is 20.6 Å². The zero-order valence-electron chi connectivity index (χ0n) is 9.78. The molecule has 18 heavy (non-hydrogen) atoms. The van der Waals surface area contributed by atoms with Crippen molar-refractivity contribution in [1.29, 1.82) is 0 Å². The molecule has 0 aliphatic rings. The highest BCUT2D eigenvalue weighted by atomic mass is 32.2. The molecule has 0 saturated carbocycles. The number of carbonyl (C=O) groups is 1. The minimum Gasteiger partial charge on any atom is -0.480 e. The fourth-order valence-corrected chi connectivity index (χ4v) is 2.78. The Morgan fingerprint density at radius 2 is 1.89 bits per heavy atom. The van der Waals surface area contributed by atoms with Gasteiger partial charge >= 0.3 is 5.97 Å². The lowest BCUT2D eigenvalue weighted by molar-refractivity contribution is -0.141. The van der Waals surface area contributed by atoms with Crippen LogP contribution in [0.4, 0.5) is 0 Å². The highest BCUT2D eigenvalue weighted by Gasteiger charge is 2.28. The van der Waals surface area contributed by atoms with Crippen LogP contribution in [0, 0.1) is 0 Å². The van der Waals surface area contributed by atoms with Gasteiger partial charge in [-0.05, 0) is 12.5 Å². The number of hydrogen-bond donors (Lipinski definition) is 3. The van der Waals surface area contributed by atoms with Gasteiger partial charge in [0.1, 0.15) is 6.04 Å². The number of aliphatic hydroxyl groups excluding tert-OH is 1. The van der Waals surface area contributed by atoms with Gasteiger partial charge in [-0.25, -0.2) is 8.42 Å². The molecule has 1 aromatic carbocycles. The van der Waals surface area contributed by atoms with Gasteiger partial charge in [0.25, 0.3) is 0 Å². The molecule has 7 heteroatoms. The Labute approximate surface area is 105 Å². The topological polar surface area (TPSA) is 104 Å². The number of nitrogens with one attached hydrogen (secondary N) is 1. The minimum atomic E-state index is -3.81. The van der Waals surface area contributed by atoms with Crippen LogP contribution in [0.2, 0.25) is 0 Å². The number of aliphatic hydroxyl groups is 1. The smallest absolute Gasteiger partial charge is 0.324 e. The number of aliphatic carboxylic acids is 1. The van der Waals surface area contributed by atoms with Crippen molar-refractivity contribution in [1.82, 2.24) is 4.72 Å². The van der Waals surface area contributed by atoms with E-state index in [1.807, 2.05) is 4.72 Å². The lowest BCUT2D eigenvalue weighted by atomic mass is 10.2. The van der Waals surface area contributed by atoms with E-state index in [9.17, 15) is 18.3 Å². The number of carboxylic acid groups (broad SMARTS) is 1. The zero-order chi connectivity index (χ0) is 13.8. The van der Waals surface area contributed by atoms with Crippen LogP contribution in [-0.4, -0.2) is 36.7 Å². The predicted octanol–water partition coefficient (Wildman–Crippen LogP) is -0.0600. The fraction of sp³-hybridized carbons (Fsp3) is 0.364. The third-order valence-corrected chi connectivity index (χ3v) is 3.58. The van der Waals surface area contributed by atoms with E-state index in [4.69, 9.17) is 5.11 Å². The number of benzene rings is 1. The third-order valence-electron chi connectivity index (χ3n) is 2.25. The summed E-state index contributed by atoms with van der Waals surface area (Å²) < 4.78 is 25.4. The van der Waals surface area contributed by atoms with E-state index < -0.39 is 28.1 Å². The highest BCUT2D eigenvalue weighted by molar-refractivity contribution is 7.88. The van der Waals surface area contributed by atoms with Crippen LogP contribution in [0.3, 0.4) is 0 Å². The maximum Gasteiger partial charge on any atom is 0.324 e. The van der Waals surface area contributed by atoms with Gasteiger partial charge < -0.3 is 10.2 Å².